The van der Waals surface area contributed by atoms with Gasteiger partial charge in [-0.1, -0.05) is 35.3 Å². The molecular weight excluding hydrogens is 335 g/mol. The Balaban J connectivity index is 1.76. The van der Waals surface area contributed by atoms with Crippen LogP contribution in [0.25, 0.3) is 11.5 Å². The van der Waals surface area contributed by atoms with Crippen LogP contribution in [0, 0.1) is 0 Å². The minimum absolute atomic E-state index is 0.273. The maximum absolute atomic E-state index is 9.82. The molecule has 4 nitrogen and oxygen atoms in total. The van der Waals surface area contributed by atoms with Crippen LogP contribution in [0.5, 0.6) is 5.95 Å². The second-order valence-electron chi connectivity index (χ2n) is 4.82. The van der Waals surface area contributed by atoms with Crippen LogP contribution in [0.4, 0.5) is 0 Å². The molecule has 23 heavy (non-hydrogen) atoms. The van der Waals surface area contributed by atoms with Crippen molar-refractivity contribution < 1.29 is 9.52 Å². The minimum atomic E-state index is -0.273. The Morgan fingerprint density at radius 3 is 2.61 bits per heavy atom. The van der Waals surface area contributed by atoms with Crippen molar-refractivity contribution in [3.8, 4) is 17.4 Å². The number of aromatic hydroxyl groups is 1. The standard InChI is InChI=1S/C17H12Cl2N2O2/c18-13-6-4-12(5-7-13)16-21-15(17(22)23-16)10-20-9-11-2-1-3-14(19)8-11/h1-8,10,22H,9H2. The van der Waals surface area contributed by atoms with E-state index in [0.29, 0.717) is 22.5 Å². The average molecular weight is 347 g/mol. The Kier molecular flexibility index (Phi) is 4.65. The average Bonchev–Trinajstić information content (AvgIpc) is 2.89. The predicted octanol–water partition coefficient (Wildman–Crippen LogP) is 4.97. The highest BCUT2D eigenvalue weighted by atomic mass is 35.5. The van der Waals surface area contributed by atoms with Gasteiger partial charge in [-0.3, -0.25) is 4.99 Å². The van der Waals surface area contributed by atoms with Gasteiger partial charge in [0.15, 0.2) is 5.69 Å². The van der Waals surface area contributed by atoms with Crippen LogP contribution < -0.4 is 0 Å². The zero-order chi connectivity index (χ0) is 16.2. The number of rotatable bonds is 4. The van der Waals surface area contributed by atoms with Crippen LogP contribution in [-0.2, 0) is 6.54 Å². The molecule has 0 aliphatic rings. The monoisotopic (exact) mass is 346 g/mol. The van der Waals surface area contributed by atoms with Crippen molar-refractivity contribution in [1.82, 2.24) is 4.98 Å². The molecule has 1 aromatic heterocycles. The first-order chi connectivity index (χ1) is 11.1. The molecule has 116 valence electrons. The van der Waals surface area contributed by atoms with Gasteiger partial charge in [0.1, 0.15) is 0 Å². The zero-order valence-electron chi connectivity index (χ0n) is 11.9. The van der Waals surface area contributed by atoms with Crippen LogP contribution in [0.1, 0.15) is 11.3 Å². The highest BCUT2D eigenvalue weighted by molar-refractivity contribution is 6.30. The van der Waals surface area contributed by atoms with Gasteiger partial charge in [0, 0.05) is 15.6 Å². The Hall–Kier alpha value is -2.30. The van der Waals surface area contributed by atoms with Gasteiger partial charge in [0.05, 0.1) is 12.8 Å². The smallest absolute Gasteiger partial charge is 0.312 e. The first-order valence-corrected chi connectivity index (χ1v) is 7.57. The van der Waals surface area contributed by atoms with Crippen molar-refractivity contribution >= 4 is 29.4 Å². The van der Waals surface area contributed by atoms with Gasteiger partial charge in [-0.15, -0.1) is 0 Å². The first kappa shape index (κ1) is 15.6. The van der Waals surface area contributed by atoms with E-state index in [1.165, 1.54) is 6.21 Å². The summed E-state index contributed by atoms with van der Waals surface area (Å²) in [5, 5.41) is 11.1. The van der Waals surface area contributed by atoms with E-state index in [1.807, 2.05) is 18.2 Å². The topological polar surface area (TPSA) is 58.6 Å². The van der Waals surface area contributed by atoms with E-state index in [1.54, 1.807) is 30.3 Å². The number of halogens is 2. The molecule has 3 aromatic rings. The highest BCUT2D eigenvalue weighted by Crippen LogP contribution is 2.26. The van der Waals surface area contributed by atoms with E-state index in [0.717, 1.165) is 11.1 Å². The fourth-order valence-corrected chi connectivity index (χ4v) is 2.34. The molecule has 0 saturated heterocycles. The fourth-order valence-electron chi connectivity index (χ4n) is 2.00. The van der Waals surface area contributed by atoms with Crippen LogP contribution in [0.15, 0.2) is 57.9 Å². The summed E-state index contributed by atoms with van der Waals surface area (Å²) in [7, 11) is 0. The van der Waals surface area contributed by atoms with Crippen molar-refractivity contribution in [2.75, 3.05) is 0 Å². The number of benzene rings is 2. The van der Waals surface area contributed by atoms with E-state index < -0.39 is 0 Å². The van der Waals surface area contributed by atoms with E-state index in [-0.39, 0.29) is 11.6 Å². The van der Waals surface area contributed by atoms with Crippen molar-refractivity contribution in [1.29, 1.82) is 0 Å². The molecule has 0 spiro atoms. The van der Waals surface area contributed by atoms with Crippen molar-refractivity contribution in [3.05, 3.63) is 69.8 Å². The van der Waals surface area contributed by atoms with Crippen LogP contribution >= 0.6 is 23.2 Å². The Morgan fingerprint density at radius 2 is 1.87 bits per heavy atom. The van der Waals surface area contributed by atoms with E-state index >= 15 is 0 Å². The number of aromatic nitrogens is 1. The molecule has 0 fully saturated rings. The van der Waals surface area contributed by atoms with Crippen LogP contribution in [-0.4, -0.2) is 16.3 Å². The predicted molar refractivity (Wildman–Crippen MR) is 91.4 cm³/mol. The molecule has 0 aliphatic carbocycles. The van der Waals surface area contributed by atoms with Crippen molar-refractivity contribution in [2.45, 2.75) is 6.54 Å². The maximum atomic E-state index is 9.82. The first-order valence-electron chi connectivity index (χ1n) is 6.82. The molecule has 2 aromatic carbocycles. The lowest BCUT2D eigenvalue weighted by molar-refractivity contribution is 0.337. The molecule has 0 radical (unpaired) electrons. The van der Waals surface area contributed by atoms with Gasteiger partial charge in [-0.05, 0) is 42.0 Å². The lowest BCUT2D eigenvalue weighted by Crippen LogP contribution is -1.86. The van der Waals surface area contributed by atoms with Gasteiger partial charge in [0.25, 0.3) is 0 Å². The summed E-state index contributed by atoms with van der Waals surface area (Å²) in [5.74, 6) is 0.0353. The number of hydrogen-bond donors (Lipinski definition) is 1. The Bertz CT molecular complexity index is 842. The minimum Gasteiger partial charge on any atom is -0.479 e. The van der Waals surface area contributed by atoms with E-state index in [4.69, 9.17) is 27.6 Å². The summed E-state index contributed by atoms with van der Waals surface area (Å²) in [6.45, 7) is 0.434. The van der Waals surface area contributed by atoms with E-state index in [2.05, 4.69) is 9.98 Å². The summed E-state index contributed by atoms with van der Waals surface area (Å²) < 4.78 is 5.25. The molecule has 6 heteroatoms. The molecule has 3 rings (SSSR count). The Labute approximate surface area is 143 Å². The summed E-state index contributed by atoms with van der Waals surface area (Å²) in [6, 6.07) is 14.4. The lowest BCUT2D eigenvalue weighted by atomic mass is 10.2. The molecule has 0 saturated carbocycles. The van der Waals surface area contributed by atoms with Gasteiger partial charge in [-0.2, -0.15) is 0 Å². The summed E-state index contributed by atoms with van der Waals surface area (Å²) in [5.41, 5.74) is 1.96. The number of aliphatic imine (C=N–C) groups is 1. The fraction of sp³-hybridized carbons (Fsp3) is 0.0588. The normalized spacial score (nSPS) is 11.2. The molecule has 0 unspecified atom stereocenters. The Morgan fingerprint density at radius 1 is 1.09 bits per heavy atom. The van der Waals surface area contributed by atoms with Gasteiger partial charge >= 0.3 is 5.95 Å². The highest BCUT2D eigenvalue weighted by Gasteiger charge is 2.12. The summed E-state index contributed by atoms with van der Waals surface area (Å²) >= 11 is 11.8. The van der Waals surface area contributed by atoms with Crippen LogP contribution in [0.3, 0.4) is 0 Å². The molecule has 0 bridgehead atoms. The molecular formula is C17H12Cl2N2O2. The van der Waals surface area contributed by atoms with Crippen molar-refractivity contribution in [3.63, 3.8) is 0 Å². The molecule has 1 N–H and O–H groups in total. The quantitative estimate of drug-likeness (QED) is 0.678. The summed E-state index contributed by atoms with van der Waals surface area (Å²) in [4.78, 5) is 8.47. The number of nitrogens with zero attached hydrogens (tertiary/aromatic N) is 2. The lowest BCUT2D eigenvalue weighted by Gasteiger charge is -1.96. The third-order valence-electron chi connectivity index (χ3n) is 3.10. The molecule has 0 aliphatic heterocycles. The third-order valence-corrected chi connectivity index (χ3v) is 3.59. The molecule has 1 heterocycles. The number of oxazole rings is 1. The maximum Gasteiger partial charge on any atom is 0.312 e. The van der Waals surface area contributed by atoms with Gasteiger partial charge in [-0.25, -0.2) is 4.98 Å². The second-order valence-corrected chi connectivity index (χ2v) is 5.69. The van der Waals surface area contributed by atoms with Crippen molar-refractivity contribution in [2.24, 2.45) is 4.99 Å². The van der Waals surface area contributed by atoms with E-state index in [9.17, 15) is 5.11 Å². The zero-order valence-corrected chi connectivity index (χ0v) is 13.4. The van der Waals surface area contributed by atoms with Crippen LogP contribution in [0.2, 0.25) is 10.0 Å². The number of hydrogen-bond acceptors (Lipinski definition) is 4. The summed E-state index contributed by atoms with van der Waals surface area (Å²) in [6.07, 6.45) is 1.47. The van der Waals surface area contributed by atoms with Gasteiger partial charge < -0.3 is 9.52 Å². The molecule has 0 atom stereocenters. The third kappa shape index (κ3) is 3.92. The largest absolute Gasteiger partial charge is 0.479 e. The SMILES string of the molecule is Oc1oc(-c2ccc(Cl)cc2)nc1C=NCc1cccc(Cl)c1. The molecule has 0 amide bonds. The second kappa shape index (κ2) is 6.86. The van der Waals surface area contributed by atoms with Gasteiger partial charge in [0.2, 0.25) is 5.89 Å².